The van der Waals surface area contributed by atoms with Crippen LogP contribution in [0.3, 0.4) is 0 Å². The molecule has 1 heterocycles. The van der Waals surface area contributed by atoms with E-state index in [1.54, 1.807) is 6.07 Å². The monoisotopic (exact) mass is 254 g/mol. The van der Waals surface area contributed by atoms with E-state index in [1.165, 1.54) is 6.26 Å². The van der Waals surface area contributed by atoms with Crippen molar-refractivity contribution in [3.63, 3.8) is 0 Å². The Morgan fingerprint density at radius 1 is 1.50 bits per heavy atom. The van der Waals surface area contributed by atoms with Crippen LogP contribution in [-0.2, 0) is 11.3 Å². The van der Waals surface area contributed by atoms with Crippen molar-refractivity contribution in [3.05, 3.63) is 23.7 Å². The summed E-state index contributed by atoms with van der Waals surface area (Å²) >= 11 is 0. The minimum Gasteiger partial charge on any atom is -0.475 e. The van der Waals surface area contributed by atoms with Gasteiger partial charge in [-0.2, -0.15) is 0 Å². The Bertz CT molecular complexity index is 425. The maximum atomic E-state index is 11.0. The van der Waals surface area contributed by atoms with Crippen molar-refractivity contribution >= 4 is 11.9 Å². The summed E-state index contributed by atoms with van der Waals surface area (Å²) in [6.45, 7) is 5.12. The molecule has 0 aliphatic carbocycles. The number of nitrogens with zero attached hydrogens (tertiary/aromatic N) is 1. The van der Waals surface area contributed by atoms with E-state index in [0.717, 1.165) is 0 Å². The standard InChI is InChI=1S/C12H18N2O4/c1-8(2)5-14(7-10(13)15)6-9-3-4-18-11(9)12(16)17/h3-4,8H,5-7H2,1-2H3,(H2,13,15)(H,16,17). The normalized spacial score (nSPS) is 11.1. The average Bonchev–Trinajstić information content (AvgIpc) is 2.63. The predicted octanol–water partition coefficient (Wildman–Crippen LogP) is 0.921. The van der Waals surface area contributed by atoms with Crippen molar-refractivity contribution in [3.8, 4) is 0 Å². The Balaban J connectivity index is 2.78. The molecule has 100 valence electrons. The van der Waals surface area contributed by atoms with E-state index in [9.17, 15) is 9.59 Å². The fraction of sp³-hybridized carbons (Fsp3) is 0.500. The number of carboxylic acids is 1. The third-order valence-electron chi connectivity index (χ3n) is 2.34. The molecule has 3 N–H and O–H groups in total. The number of carbonyl (C=O) groups is 2. The molecular formula is C12H18N2O4. The molecular weight excluding hydrogens is 236 g/mol. The third kappa shape index (κ3) is 4.21. The van der Waals surface area contributed by atoms with Gasteiger partial charge in [0.25, 0.3) is 0 Å². The Morgan fingerprint density at radius 3 is 2.67 bits per heavy atom. The molecule has 0 bridgehead atoms. The predicted molar refractivity (Wildman–Crippen MR) is 65.0 cm³/mol. The van der Waals surface area contributed by atoms with Crippen LogP contribution in [0.25, 0.3) is 0 Å². The van der Waals surface area contributed by atoms with Gasteiger partial charge in [0, 0.05) is 18.7 Å². The molecule has 1 aromatic heterocycles. The molecule has 0 fully saturated rings. The van der Waals surface area contributed by atoms with E-state index >= 15 is 0 Å². The van der Waals surface area contributed by atoms with E-state index in [0.29, 0.717) is 24.6 Å². The summed E-state index contributed by atoms with van der Waals surface area (Å²) in [4.78, 5) is 23.7. The van der Waals surface area contributed by atoms with Crippen LogP contribution in [0.2, 0.25) is 0 Å². The number of carboxylic acid groups (broad SMARTS) is 1. The highest BCUT2D eigenvalue weighted by Gasteiger charge is 2.18. The van der Waals surface area contributed by atoms with Crippen LogP contribution in [0, 0.1) is 5.92 Å². The van der Waals surface area contributed by atoms with E-state index in [2.05, 4.69) is 0 Å². The largest absolute Gasteiger partial charge is 0.475 e. The SMILES string of the molecule is CC(C)CN(CC(N)=O)Cc1ccoc1C(=O)O. The lowest BCUT2D eigenvalue weighted by molar-refractivity contribution is -0.119. The minimum atomic E-state index is -1.11. The smallest absolute Gasteiger partial charge is 0.372 e. The molecule has 0 radical (unpaired) electrons. The van der Waals surface area contributed by atoms with Crippen LogP contribution in [0.5, 0.6) is 0 Å². The first kappa shape index (κ1) is 14.2. The van der Waals surface area contributed by atoms with Gasteiger partial charge in [-0.1, -0.05) is 13.8 Å². The second-order valence-electron chi connectivity index (χ2n) is 4.61. The highest BCUT2D eigenvalue weighted by molar-refractivity contribution is 5.86. The lowest BCUT2D eigenvalue weighted by Crippen LogP contribution is -2.36. The van der Waals surface area contributed by atoms with Crippen LogP contribution in [-0.4, -0.2) is 35.0 Å². The zero-order valence-electron chi connectivity index (χ0n) is 10.5. The first-order valence-electron chi connectivity index (χ1n) is 5.70. The summed E-state index contributed by atoms with van der Waals surface area (Å²) in [6, 6.07) is 1.60. The first-order valence-corrected chi connectivity index (χ1v) is 5.70. The van der Waals surface area contributed by atoms with Crippen LogP contribution in [0.4, 0.5) is 0 Å². The van der Waals surface area contributed by atoms with Gasteiger partial charge in [-0.05, 0) is 12.0 Å². The first-order chi connectivity index (χ1) is 8.40. The van der Waals surface area contributed by atoms with Crippen molar-refractivity contribution in [2.24, 2.45) is 11.7 Å². The molecule has 0 aromatic carbocycles. The molecule has 1 amide bonds. The summed E-state index contributed by atoms with van der Waals surface area (Å²) in [5.74, 6) is -1.28. The number of carbonyl (C=O) groups excluding carboxylic acids is 1. The highest BCUT2D eigenvalue weighted by Crippen LogP contribution is 2.14. The summed E-state index contributed by atoms with van der Waals surface area (Å²) in [6.07, 6.45) is 1.33. The zero-order chi connectivity index (χ0) is 13.7. The van der Waals surface area contributed by atoms with Crippen LogP contribution in [0.1, 0.15) is 30.0 Å². The van der Waals surface area contributed by atoms with Crippen LogP contribution in [0.15, 0.2) is 16.7 Å². The topological polar surface area (TPSA) is 96.8 Å². The molecule has 1 aromatic rings. The van der Waals surface area contributed by atoms with Crippen molar-refractivity contribution in [1.82, 2.24) is 4.90 Å². The maximum Gasteiger partial charge on any atom is 0.372 e. The van der Waals surface area contributed by atoms with Crippen molar-refractivity contribution < 1.29 is 19.1 Å². The number of amides is 1. The number of rotatable bonds is 7. The van der Waals surface area contributed by atoms with Gasteiger partial charge in [-0.25, -0.2) is 4.79 Å². The lowest BCUT2D eigenvalue weighted by atomic mass is 10.1. The van der Waals surface area contributed by atoms with Crippen molar-refractivity contribution in [1.29, 1.82) is 0 Å². The second kappa shape index (κ2) is 6.20. The van der Waals surface area contributed by atoms with Crippen molar-refractivity contribution in [2.45, 2.75) is 20.4 Å². The Labute approximate surface area is 105 Å². The van der Waals surface area contributed by atoms with Gasteiger partial charge in [-0.3, -0.25) is 9.69 Å². The van der Waals surface area contributed by atoms with Gasteiger partial charge in [0.05, 0.1) is 12.8 Å². The van der Waals surface area contributed by atoms with Gasteiger partial charge in [0.15, 0.2) is 0 Å². The second-order valence-corrected chi connectivity index (χ2v) is 4.61. The van der Waals surface area contributed by atoms with Gasteiger partial charge in [-0.15, -0.1) is 0 Å². The number of hydrogen-bond donors (Lipinski definition) is 2. The number of aromatic carboxylic acids is 1. The van der Waals surface area contributed by atoms with Crippen LogP contribution >= 0.6 is 0 Å². The Kier molecular flexibility index (Phi) is 4.91. The van der Waals surface area contributed by atoms with E-state index in [1.807, 2.05) is 18.7 Å². The summed E-state index contributed by atoms with van der Waals surface area (Å²) in [5, 5.41) is 8.93. The fourth-order valence-electron chi connectivity index (χ4n) is 1.81. The maximum absolute atomic E-state index is 11.0. The Hall–Kier alpha value is -1.82. The molecule has 0 aliphatic rings. The van der Waals surface area contributed by atoms with E-state index in [-0.39, 0.29) is 12.3 Å². The molecule has 0 spiro atoms. The number of primary amides is 1. The van der Waals surface area contributed by atoms with E-state index in [4.69, 9.17) is 15.3 Å². The zero-order valence-corrected chi connectivity index (χ0v) is 10.5. The Morgan fingerprint density at radius 2 is 2.17 bits per heavy atom. The molecule has 0 unspecified atom stereocenters. The molecule has 0 aliphatic heterocycles. The van der Waals surface area contributed by atoms with Crippen molar-refractivity contribution in [2.75, 3.05) is 13.1 Å². The molecule has 6 heteroatoms. The molecule has 0 atom stereocenters. The molecule has 0 saturated heterocycles. The quantitative estimate of drug-likeness (QED) is 0.754. The summed E-state index contributed by atoms with van der Waals surface area (Å²) in [5.41, 5.74) is 5.72. The van der Waals surface area contributed by atoms with E-state index < -0.39 is 11.9 Å². The summed E-state index contributed by atoms with van der Waals surface area (Å²) < 4.78 is 4.89. The summed E-state index contributed by atoms with van der Waals surface area (Å²) in [7, 11) is 0. The molecule has 18 heavy (non-hydrogen) atoms. The molecule has 6 nitrogen and oxygen atoms in total. The molecule has 0 saturated carbocycles. The minimum absolute atomic E-state index is 0.0896. The van der Waals surface area contributed by atoms with Gasteiger partial charge in [0.1, 0.15) is 0 Å². The molecule has 1 rings (SSSR count). The number of nitrogens with two attached hydrogens (primary N) is 1. The third-order valence-corrected chi connectivity index (χ3v) is 2.34. The van der Waals surface area contributed by atoms with Gasteiger partial charge < -0.3 is 15.3 Å². The lowest BCUT2D eigenvalue weighted by Gasteiger charge is -2.22. The number of hydrogen-bond acceptors (Lipinski definition) is 4. The number of furan rings is 1. The highest BCUT2D eigenvalue weighted by atomic mass is 16.4. The van der Waals surface area contributed by atoms with Gasteiger partial charge in [0.2, 0.25) is 11.7 Å². The average molecular weight is 254 g/mol. The van der Waals surface area contributed by atoms with Crippen LogP contribution < -0.4 is 5.73 Å². The fourth-order valence-corrected chi connectivity index (χ4v) is 1.81. The van der Waals surface area contributed by atoms with Gasteiger partial charge >= 0.3 is 5.97 Å².